The number of hydrogen-bond donors (Lipinski definition) is 1. The van der Waals surface area contributed by atoms with Gasteiger partial charge in [0.2, 0.25) is 5.91 Å². The molecule has 2 nitrogen and oxygen atoms in total. The van der Waals surface area contributed by atoms with E-state index in [2.05, 4.69) is 12.2 Å². The summed E-state index contributed by atoms with van der Waals surface area (Å²) >= 11 is 7.54. The molecule has 2 aromatic rings. The van der Waals surface area contributed by atoms with Crippen molar-refractivity contribution in [2.45, 2.75) is 31.3 Å². The van der Waals surface area contributed by atoms with Gasteiger partial charge in [0.05, 0.1) is 5.25 Å². The number of nitrogens with one attached hydrogen (secondary N) is 1. The fourth-order valence-electron chi connectivity index (χ4n) is 2.13. The number of aryl methyl sites for hydroxylation is 1. The molecule has 0 aliphatic carbocycles. The van der Waals surface area contributed by atoms with Crippen molar-refractivity contribution in [2.75, 3.05) is 5.32 Å². The Labute approximate surface area is 141 Å². The van der Waals surface area contributed by atoms with Crippen LogP contribution >= 0.6 is 23.4 Å². The van der Waals surface area contributed by atoms with E-state index in [0.29, 0.717) is 0 Å². The summed E-state index contributed by atoms with van der Waals surface area (Å²) in [7, 11) is 0. The van der Waals surface area contributed by atoms with Crippen LogP contribution in [-0.2, 0) is 4.79 Å². The summed E-state index contributed by atoms with van der Waals surface area (Å²) in [4.78, 5) is 12.3. The molecule has 2 aromatic carbocycles. The second-order valence-corrected chi connectivity index (χ2v) is 7.40. The molecule has 0 aliphatic heterocycles. The van der Waals surface area contributed by atoms with E-state index in [4.69, 9.17) is 11.6 Å². The number of benzene rings is 2. The third-order valence-corrected chi connectivity index (χ3v) is 5.07. The normalized spacial score (nSPS) is 13.5. The number of halogens is 1. The molecule has 4 heteroatoms. The first-order valence-electron chi connectivity index (χ1n) is 7.25. The van der Waals surface area contributed by atoms with Crippen molar-refractivity contribution < 1.29 is 4.79 Å². The lowest BCUT2D eigenvalue weighted by molar-refractivity contribution is -0.115. The van der Waals surface area contributed by atoms with Crippen LogP contribution in [0.4, 0.5) is 5.69 Å². The van der Waals surface area contributed by atoms with Crippen LogP contribution in [0.2, 0.25) is 5.02 Å². The van der Waals surface area contributed by atoms with Crippen molar-refractivity contribution in [1.29, 1.82) is 0 Å². The average Bonchev–Trinajstić information content (AvgIpc) is 2.50. The van der Waals surface area contributed by atoms with Crippen molar-refractivity contribution in [3.8, 4) is 0 Å². The maximum Gasteiger partial charge on any atom is 0.237 e. The van der Waals surface area contributed by atoms with Gasteiger partial charge >= 0.3 is 0 Å². The lowest BCUT2D eigenvalue weighted by Gasteiger charge is -2.18. The largest absolute Gasteiger partial charge is 0.325 e. The zero-order valence-electron chi connectivity index (χ0n) is 13.0. The molecule has 0 radical (unpaired) electrons. The molecule has 0 fully saturated rings. The molecular weight excluding hydrogens is 314 g/mol. The molecule has 0 aromatic heterocycles. The van der Waals surface area contributed by atoms with Gasteiger partial charge in [-0.05, 0) is 50.1 Å². The van der Waals surface area contributed by atoms with E-state index in [0.717, 1.165) is 16.3 Å². The highest BCUT2D eigenvalue weighted by molar-refractivity contribution is 8.00. The molecule has 0 saturated carbocycles. The summed E-state index contributed by atoms with van der Waals surface area (Å²) in [6, 6.07) is 15.6. The van der Waals surface area contributed by atoms with Gasteiger partial charge in [0.15, 0.2) is 0 Å². The van der Waals surface area contributed by atoms with Gasteiger partial charge in [-0.3, -0.25) is 4.79 Å². The molecule has 1 amide bonds. The average molecular weight is 334 g/mol. The molecular formula is C18H20ClNOS. The van der Waals surface area contributed by atoms with Crippen molar-refractivity contribution in [2.24, 2.45) is 0 Å². The minimum Gasteiger partial charge on any atom is -0.325 e. The van der Waals surface area contributed by atoms with E-state index in [-0.39, 0.29) is 16.4 Å². The first-order valence-corrected chi connectivity index (χ1v) is 8.57. The van der Waals surface area contributed by atoms with Gasteiger partial charge in [-0.15, -0.1) is 11.8 Å². The number of carbonyl (C=O) groups excluding carboxylic acids is 1. The van der Waals surface area contributed by atoms with Crippen molar-refractivity contribution in [1.82, 2.24) is 0 Å². The summed E-state index contributed by atoms with van der Waals surface area (Å²) in [5.74, 6) is 0.0279. The predicted molar refractivity (Wildman–Crippen MR) is 96.7 cm³/mol. The molecule has 1 N–H and O–H groups in total. The Balaban J connectivity index is 1.96. The topological polar surface area (TPSA) is 29.1 Å². The van der Waals surface area contributed by atoms with Gasteiger partial charge in [-0.25, -0.2) is 0 Å². The van der Waals surface area contributed by atoms with E-state index < -0.39 is 0 Å². The molecule has 0 saturated heterocycles. The van der Waals surface area contributed by atoms with Gasteiger partial charge in [0, 0.05) is 16.0 Å². The van der Waals surface area contributed by atoms with Gasteiger partial charge in [-0.2, -0.15) is 0 Å². The maximum absolute atomic E-state index is 12.3. The quantitative estimate of drug-likeness (QED) is 0.786. The van der Waals surface area contributed by atoms with E-state index >= 15 is 0 Å². The number of hydrogen-bond acceptors (Lipinski definition) is 2. The van der Waals surface area contributed by atoms with E-state index in [9.17, 15) is 4.79 Å². The Bertz CT molecular complexity index is 642. The molecule has 2 rings (SSSR count). The number of amides is 1. The predicted octanol–water partition coefficient (Wildman–Crippen LogP) is 5.47. The van der Waals surface area contributed by atoms with Crippen molar-refractivity contribution in [3.05, 3.63) is 64.7 Å². The third kappa shape index (κ3) is 4.52. The Kier molecular flexibility index (Phi) is 5.92. The van der Waals surface area contributed by atoms with Crippen LogP contribution < -0.4 is 5.32 Å². The fourth-order valence-corrected chi connectivity index (χ4v) is 3.36. The van der Waals surface area contributed by atoms with Crippen molar-refractivity contribution in [3.63, 3.8) is 0 Å². The van der Waals surface area contributed by atoms with Crippen molar-refractivity contribution >= 4 is 35.0 Å². The number of thioether (sulfide) groups is 1. The Morgan fingerprint density at radius 2 is 1.73 bits per heavy atom. The number of carbonyl (C=O) groups is 1. The van der Waals surface area contributed by atoms with Crippen LogP contribution in [0.1, 0.15) is 30.2 Å². The second-order valence-electron chi connectivity index (χ2n) is 5.28. The first-order chi connectivity index (χ1) is 10.5. The molecule has 0 spiro atoms. The second kappa shape index (κ2) is 7.70. The molecule has 0 bridgehead atoms. The Hall–Kier alpha value is -1.45. The van der Waals surface area contributed by atoms with Crippen LogP contribution in [0, 0.1) is 6.92 Å². The number of rotatable bonds is 5. The zero-order chi connectivity index (χ0) is 16.1. The summed E-state index contributed by atoms with van der Waals surface area (Å²) in [5, 5.41) is 3.82. The van der Waals surface area contributed by atoms with Gasteiger partial charge < -0.3 is 5.32 Å². The summed E-state index contributed by atoms with van der Waals surface area (Å²) in [6.07, 6.45) is 0. The van der Waals surface area contributed by atoms with Gasteiger partial charge in [0.25, 0.3) is 0 Å². The van der Waals surface area contributed by atoms with Crippen LogP contribution in [0.5, 0.6) is 0 Å². The van der Waals surface area contributed by atoms with Crippen LogP contribution in [0.3, 0.4) is 0 Å². The lowest BCUT2D eigenvalue weighted by Crippen LogP contribution is -2.23. The summed E-state index contributed by atoms with van der Waals surface area (Å²) < 4.78 is 0. The van der Waals surface area contributed by atoms with Gasteiger partial charge in [0.1, 0.15) is 0 Å². The number of anilines is 1. The fraction of sp³-hybridized carbons (Fsp3) is 0.278. The SMILES string of the molecule is Cc1ccccc1NC(=O)C(C)SC(C)c1ccc(Cl)cc1. The molecule has 22 heavy (non-hydrogen) atoms. The molecule has 2 unspecified atom stereocenters. The highest BCUT2D eigenvalue weighted by atomic mass is 35.5. The molecule has 0 aliphatic rings. The molecule has 116 valence electrons. The minimum atomic E-state index is -0.134. The maximum atomic E-state index is 12.3. The smallest absolute Gasteiger partial charge is 0.237 e. The monoisotopic (exact) mass is 333 g/mol. The summed E-state index contributed by atoms with van der Waals surface area (Å²) in [5.41, 5.74) is 3.11. The molecule has 2 atom stereocenters. The van der Waals surface area contributed by atoms with Crippen LogP contribution in [0.25, 0.3) is 0 Å². The molecule has 0 heterocycles. The van der Waals surface area contributed by atoms with Gasteiger partial charge in [-0.1, -0.05) is 41.9 Å². The first kappa shape index (κ1) is 16.9. The van der Waals surface area contributed by atoms with E-state index in [1.807, 2.05) is 62.4 Å². The Morgan fingerprint density at radius 3 is 2.36 bits per heavy atom. The van der Waals surface area contributed by atoms with Crippen LogP contribution in [-0.4, -0.2) is 11.2 Å². The summed E-state index contributed by atoms with van der Waals surface area (Å²) in [6.45, 7) is 6.03. The van der Waals surface area contributed by atoms with E-state index in [1.165, 1.54) is 5.56 Å². The third-order valence-electron chi connectivity index (χ3n) is 3.52. The van der Waals surface area contributed by atoms with E-state index in [1.54, 1.807) is 11.8 Å². The Morgan fingerprint density at radius 1 is 1.09 bits per heavy atom. The highest BCUT2D eigenvalue weighted by Crippen LogP contribution is 2.32. The zero-order valence-corrected chi connectivity index (χ0v) is 14.5. The van der Waals surface area contributed by atoms with Crippen LogP contribution in [0.15, 0.2) is 48.5 Å². The highest BCUT2D eigenvalue weighted by Gasteiger charge is 2.18. The standard InChI is InChI=1S/C18H20ClNOS/c1-12-6-4-5-7-17(12)20-18(21)14(3)22-13(2)15-8-10-16(19)11-9-15/h4-11,13-14H,1-3H3,(H,20,21). The lowest BCUT2D eigenvalue weighted by atomic mass is 10.2. The number of para-hydroxylation sites is 1. The minimum absolute atomic E-state index is 0.0279.